The molecule has 2 aromatic carbocycles. The summed E-state index contributed by atoms with van der Waals surface area (Å²) in [5, 5.41) is 9.02. The first-order valence-electron chi connectivity index (χ1n) is 10.4. The number of amides is 3. The van der Waals surface area contributed by atoms with Crippen LogP contribution >= 0.6 is 0 Å². The Bertz CT molecular complexity index is 987. The van der Waals surface area contributed by atoms with E-state index in [1.165, 1.54) is 13.3 Å². The molecule has 1 aliphatic rings. The van der Waals surface area contributed by atoms with E-state index in [9.17, 15) is 14.4 Å². The van der Waals surface area contributed by atoms with E-state index in [0.29, 0.717) is 29.3 Å². The smallest absolute Gasteiger partial charge is 0.329 e. The topological polar surface area (TPSA) is 127 Å². The fraction of sp³-hybridized carbons (Fsp3) is 0.304. The second-order valence-corrected chi connectivity index (χ2v) is 7.18. The molecule has 0 aliphatic carbocycles. The van der Waals surface area contributed by atoms with Crippen LogP contribution in [0, 0.1) is 0 Å². The van der Waals surface area contributed by atoms with E-state index in [0.717, 1.165) is 19.4 Å². The highest BCUT2D eigenvalue weighted by Crippen LogP contribution is 2.16. The Hall–Kier alpha value is -3.92. The lowest BCUT2D eigenvalue weighted by Crippen LogP contribution is -2.35. The van der Waals surface area contributed by atoms with E-state index >= 15 is 0 Å². The van der Waals surface area contributed by atoms with Crippen molar-refractivity contribution >= 4 is 29.6 Å². The standard InChI is InChI=1S/C23H26N4O6/c1-31-19-5-2-4-17(12-19)26-22(29)23(30)27-25-13-16-7-9-18(10-8-16)33-15-21(28)24-14-20-6-3-11-32-20/h2,4-5,7-10,12-13,20H,3,6,11,14-15H2,1H3,(H,24,28)(H,26,29)(H,27,30)/b25-13-/t20-/m1/s1. The summed E-state index contributed by atoms with van der Waals surface area (Å²) in [6, 6.07) is 13.4. The van der Waals surface area contributed by atoms with Gasteiger partial charge in [-0.25, -0.2) is 5.43 Å². The lowest BCUT2D eigenvalue weighted by molar-refractivity contribution is -0.136. The summed E-state index contributed by atoms with van der Waals surface area (Å²) in [6.45, 7) is 1.13. The molecule has 1 atom stereocenters. The van der Waals surface area contributed by atoms with Crippen molar-refractivity contribution in [1.82, 2.24) is 10.7 Å². The summed E-state index contributed by atoms with van der Waals surface area (Å²) in [7, 11) is 1.51. The van der Waals surface area contributed by atoms with E-state index in [1.807, 2.05) is 0 Å². The molecule has 0 saturated carbocycles. The second kappa shape index (κ2) is 12.2. The summed E-state index contributed by atoms with van der Waals surface area (Å²) in [4.78, 5) is 35.7. The average molecular weight is 454 g/mol. The number of hydrogen-bond acceptors (Lipinski definition) is 7. The molecule has 1 aliphatic heterocycles. The highest BCUT2D eigenvalue weighted by atomic mass is 16.5. The molecule has 0 unspecified atom stereocenters. The Morgan fingerprint density at radius 3 is 2.67 bits per heavy atom. The van der Waals surface area contributed by atoms with Crippen molar-refractivity contribution in [3.8, 4) is 11.5 Å². The number of carbonyl (C=O) groups excluding carboxylic acids is 3. The van der Waals surface area contributed by atoms with E-state index in [-0.39, 0.29) is 18.6 Å². The molecule has 10 heteroatoms. The van der Waals surface area contributed by atoms with Crippen LogP contribution in [0.25, 0.3) is 0 Å². The fourth-order valence-electron chi connectivity index (χ4n) is 2.99. The van der Waals surface area contributed by atoms with Crippen molar-refractivity contribution in [3.63, 3.8) is 0 Å². The van der Waals surface area contributed by atoms with Crippen molar-refractivity contribution in [3.05, 3.63) is 54.1 Å². The van der Waals surface area contributed by atoms with Gasteiger partial charge < -0.3 is 24.8 Å². The molecule has 0 aromatic heterocycles. The van der Waals surface area contributed by atoms with Crippen LogP contribution in [0.15, 0.2) is 53.6 Å². The first-order chi connectivity index (χ1) is 16.0. The fourth-order valence-corrected chi connectivity index (χ4v) is 2.99. The van der Waals surface area contributed by atoms with Crippen molar-refractivity contribution in [2.75, 3.05) is 32.2 Å². The number of hydrazone groups is 1. The summed E-state index contributed by atoms with van der Waals surface area (Å²) in [6.07, 6.45) is 3.44. The summed E-state index contributed by atoms with van der Waals surface area (Å²) in [5.74, 6) is -0.921. The number of rotatable bonds is 9. The van der Waals surface area contributed by atoms with Crippen molar-refractivity contribution in [2.45, 2.75) is 18.9 Å². The van der Waals surface area contributed by atoms with E-state index in [2.05, 4.69) is 21.2 Å². The first kappa shape index (κ1) is 23.7. The van der Waals surface area contributed by atoms with Crippen LogP contribution in [-0.4, -0.2) is 56.9 Å². The Kier molecular flexibility index (Phi) is 8.78. The molecule has 33 heavy (non-hydrogen) atoms. The van der Waals surface area contributed by atoms with Crippen LogP contribution in [0.3, 0.4) is 0 Å². The number of benzene rings is 2. The molecule has 3 N–H and O–H groups in total. The minimum absolute atomic E-state index is 0.0842. The van der Waals surface area contributed by atoms with Gasteiger partial charge in [-0.05, 0) is 54.8 Å². The molecule has 1 saturated heterocycles. The maximum atomic E-state index is 12.0. The molecule has 1 fully saturated rings. The molecule has 3 rings (SSSR count). The zero-order chi connectivity index (χ0) is 23.5. The molecule has 3 amide bonds. The lowest BCUT2D eigenvalue weighted by atomic mass is 10.2. The van der Waals surface area contributed by atoms with Gasteiger partial charge >= 0.3 is 11.8 Å². The normalized spacial score (nSPS) is 15.1. The maximum Gasteiger partial charge on any atom is 0.329 e. The van der Waals surface area contributed by atoms with Gasteiger partial charge in [-0.2, -0.15) is 5.10 Å². The van der Waals surface area contributed by atoms with Crippen molar-refractivity contribution in [2.24, 2.45) is 5.10 Å². The van der Waals surface area contributed by atoms with E-state index < -0.39 is 11.8 Å². The van der Waals surface area contributed by atoms with Gasteiger partial charge in [0.15, 0.2) is 6.61 Å². The van der Waals surface area contributed by atoms with E-state index in [1.54, 1.807) is 48.5 Å². The van der Waals surface area contributed by atoms with Gasteiger partial charge in [-0.1, -0.05) is 6.07 Å². The average Bonchev–Trinajstić information content (AvgIpc) is 3.36. The van der Waals surface area contributed by atoms with Crippen molar-refractivity contribution in [1.29, 1.82) is 0 Å². The Morgan fingerprint density at radius 1 is 1.12 bits per heavy atom. The molecule has 0 bridgehead atoms. The van der Waals surface area contributed by atoms with Gasteiger partial charge in [-0.3, -0.25) is 14.4 Å². The predicted octanol–water partition coefficient (Wildman–Crippen LogP) is 1.46. The first-order valence-corrected chi connectivity index (χ1v) is 10.4. The minimum atomic E-state index is -0.914. The van der Waals surface area contributed by atoms with Gasteiger partial charge in [0.2, 0.25) is 0 Å². The zero-order valence-corrected chi connectivity index (χ0v) is 18.2. The van der Waals surface area contributed by atoms with Gasteiger partial charge in [-0.15, -0.1) is 0 Å². The molecular weight excluding hydrogens is 428 g/mol. The summed E-state index contributed by atoms with van der Waals surface area (Å²) < 4.78 is 16.0. The molecular formula is C23H26N4O6. The maximum absolute atomic E-state index is 12.0. The van der Waals surface area contributed by atoms with Crippen LogP contribution in [0.5, 0.6) is 11.5 Å². The Labute approximate surface area is 191 Å². The number of hydrogen-bond donors (Lipinski definition) is 3. The monoisotopic (exact) mass is 454 g/mol. The third kappa shape index (κ3) is 7.93. The zero-order valence-electron chi connectivity index (χ0n) is 18.2. The molecule has 2 aromatic rings. The lowest BCUT2D eigenvalue weighted by Gasteiger charge is -2.11. The third-order valence-electron chi connectivity index (χ3n) is 4.71. The summed E-state index contributed by atoms with van der Waals surface area (Å²) in [5.41, 5.74) is 3.26. The predicted molar refractivity (Wildman–Crippen MR) is 121 cm³/mol. The van der Waals surface area contributed by atoms with Crippen molar-refractivity contribution < 1.29 is 28.6 Å². The van der Waals surface area contributed by atoms with Crippen LogP contribution in [0.4, 0.5) is 5.69 Å². The largest absolute Gasteiger partial charge is 0.497 e. The van der Waals surface area contributed by atoms with E-state index in [4.69, 9.17) is 14.2 Å². The molecule has 0 spiro atoms. The molecule has 10 nitrogen and oxygen atoms in total. The van der Waals surface area contributed by atoms with Gasteiger partial charge in [0.1, 0.15) is 11.5 Å². The quantitative estimate of drug-likeness (QED) is 0.299. The highest BCUT2D eigenvalue weighted by molar-refractivity contribution is 6.39. The third-order valence-corrected chi connectivity index (χ3v) is 4.71. The number of ether oxygens (including phenoxy) is 3. The molecule has 0 radical (unpaired) electrons. The van der Waals surface area contributed by atoms with Gasteiger partial charge in [0, 0.05) is 24.9 Å². The van der Waals surface area contributed by atoms with Crippen LogP contribution in [0.2, 0.25) is 0 Å². The molecule has 174 valence electrons. The number of nitrogens with one attached hydrogen (secondary N) is 3. The number of anilines is 1. The number of methoxy groups -OCH3 is 1. The second-order valence-electron chi connectivity index (χ2n) is 7.18. The van der Waals surface area contributed by atoms with Gasteiger partial charge in [0.05, 0.1) is 19.4 Å². The number of nitrogens with zero attached hydrogens (tertiary/aromatic N) is 1. The Morgan fingerprint density at radius 2 is 1.94 bits per heavy atom. The number of carbonyl (C=O) groups is 3. The summed E-state index contributed by atoms with van der Waals surface area (Å²) >= 11 is 0. The SMILES string of the molecule is COc1cccc(NC(=O)C(=O)N/N=C\c2ccc(OCC(=O)NC[C@H]3CCCO3)cc2)c1. The van der Waals surface area contributed by atoms with Crippen LogP contribution in [-0.2, 0) is 19.1 Å². The minimum Gasteiger partial charge on any atom is -0.497 e. The Balaban J connectivity index is 1.38. The highest BCUT2D eigenvalue weighted by Gasteiger charge is 2.16. The van der Waals surface area contributed by atoms with Gasteiger partial charge in [0.25, 0.3) is 5.91 Å². The van der Waals surface area contributed by atoms with Crippen LogP contribution < -0.4 is 25.5 Å². The molecule has 1 heterocycles. The van der Waals surface area contributed by atoms with Crippen LogP contribution in [0.1, 0.15) is 18.4 Å².